The van der Waals surface area contributed by atoms with Crippen molar-refractivity contribution in [2.75, 3.05) is 0 Å². The minimum Gasteiger partial charge on any atom is -0.158 e. The molecule has 2 saturated heterocycles. The average molecular weight is 146 g/mol. The van der Waals surface area contributed by atoms with Crippen molar-refractivity contribution in [3.05, 3.63) is 0 Å². The SMILES string of the molecule is C#CB1C2CCCC1CCC2. The van der Waals surface area contributed by atoms with E-state index in [2.05, 4.69) is 5.82 Å². The van der Waals surface area contributed by atoms with Gasteiger partial charge < -0.3 is 0 Å². The first kappa shape index (κ1) is 7.28. The molecular weight excluding hydrogens is 131 g/mol. The molecule has 58 valence electrons. The summed E-state index contributed by atoms with van der Waals surface area (Å²) < 4.78 is 0. The van der Waals surface area contributed by atoms with E-state index in [0.29, 0.717) is 6.71 Å². The first-order valence-electron chi connectivity index (χ1n) is 4.88. The van der Waals surface area contributed by atoms with Crippen molar-refractivity contribution < 1.29 is 0 Å². The molecule has 2 rings (SSSR count). The summed E-state index contributed by atoms with van der Waals surface area (Å²) in [5, 5.41) is 0. The van der Waals surface area contributed by atoms with Gasteiger partial charge in [0.1, 0.15) is 0 Å². The molecule has 2 aliphatic heterocycles. The Morgan fingerprint density at radius 1 is 1.00 bits per heavy atom. The van der Waals surface area contributed by atoms with Crippen LogP contribution in [0.5, 0.6) is 0 Å². The molecule has 0 radical (unpaired) electrons. The van der Waals surface area contributed by atoms with E-state index in [1.54, 1.807) is 0 Å². The van der Waals surface area contributed by atoms with Crippen molar-refractivity contribution in [2.45, 2.75) is 50.2 Å². The summed E-state index contributed by atoms with van der Waals surface area (Å²) >= 11 is 0. The Kier molecular flexibility index (Phi) is 1.94. The third kappa shape index (κ3) is 1.20. The first-order valence-corrected chi connectivity index (χ1v) is 4.88. The number of fused-ring (bicyclic) bond motifs is 2. The molecule has 0 saturated carbocycles. The summed E-state index contributed by atoms with van der Waals surface area (Å²) in [6, 6.07) is 0. The highest BCUT2D eigenvalue weighted by atomic mass is 14.2. The molecule has 2 aliphatic rings. The van der Waals surface area contributed by atoms with Gasteiger partial charge >= 0.3 is 0 Å². The van der Waals surface area contributed by atoms with Gasteiger partial charge in [-0.2, -0.15) is 5.82 Å². The smallest absolute Gasteiger partial charge is 0.158 e. The number of terminal acetylenes is 1. The van der Waals surface area contributed by atoms with E-state index in [4.69, 9.17) is 6.42 Å². The van der Waals surface area contributed by atoms with Crippen LogP contribution >= 0.6 is 0 Å². The zero-order chi connectivity index (χ0) is 7.68. The van der Waals surface area contributed by atoms with Gasteiger partial charge in [0.05, 0.1) is 0 Å². The Labute approximate surface area is 69.8 Å². The van der Waals surface area contributed by atoms with Crippen LogP contribution in [0.4, 0.5) is 0 Å². The second kappa shape index (κ2) is 2.93. The second-order valence-corrected chi connectivity index (χ2v) is 4.07. The molecule has 0 spiro atoms. The quantitative estimate of drug-likeness (QED) is 0.364. The lowest BCUT2D eigenvalue weighted by molar-refractivity contribution is 0.448. The predicted molar refractivity (Wildman–Crippen MR) is 49.8 cm³/mol. The fraction of sp³-hybridized carbons (Fsp3) is 0.800. The van der Waals surface area contributed by atoms with Gasteiger partial charge in [-0.15, -0.1) is 6.42 Å². The summed E-state index contributed by atoms with van der Waals surface area (Å²) in [4.78, 5) is 0. The fourth-order valence-electron chi connectivity index (χ4n) is 2.95. The molecule has 0 aromatic carbocycles. The first-order chi connectivity index (χ1) is 5.42. The van der Waals surface area contributed by atoms with Crippen LogP contribution in [0.15, 0.2) is 0 Å². The Morgan fingerprint density at radius 3 is 1.73 bits per heavy atom. The Hall–Kier alpha value is -0.375. The second-order valence-electron chi connectivity index (χ2n) is 4.07. The average Bonchev–Trinajstić information content (AvgIpc) is 2.03. The number of hydrogen-bond acceptors (Lipinski definition) is 0. The van der Waals surface area contributed by atoms with Gasteiger partial charge in [0.2, 0.25) is 6.71 Å². The van der Waals surface area contributed by atoms with Crippen LogP contribution in [-0.4, -0.2) is 6.71 Å². The molecule has 0 atom stereocenters. The van der Waals surface area contributed by atoms with Gasteiger partial charge in [-0.1, -0.05) is 38.5 Å². The third-order valence-corrected chi connectivity index (χ3v) is 3.51. The predicted octanol–water partition coefficient (Wildman–Crippen LogP) is 2.76. The van der Waals surface area contributed by atoms with E-state index >= 15 is 0 Å². The van der Waals surface area contributed by atoms with Gasteiger partial charge in [0.15, 0.2) is 0 Å². The van der Waals surface area contributed by atoms with Crippen LogP contribution in [0.2, 0.25) is 11.6 Å². The van der Waals surface area contributed by atoms with Crippen molar-refractivity contribution in [2.24, 2.45) is 0 Å². The van der Waals surface area contributed by atoms with Crippen molar-refractivity contribution in [1.82, 2.24) is 0 Å². The molecule has 0 aliphatic carbocycles. The Balaban J connectivity index is 2.12. The van der Waals surface area contributed by atoms with Gasteiger partial charge in [0, 0.05) is 0 Å². The molecule has 0 N–H and O–H groups in total. The molecule has 0 unspecified atom stereocenters. The van der Waals surface area contributed by atoms with Crippen molar-refractivity contribution >= 4 is 6.71 Å². The molecule has 0 aromatic rings. The monoisotopic (exact) mass is 146 g/mol. The molecule has 2 heterocycles. The molecular formula is C10H15B. The van der Waals surface area contributed by atoms with Crippen LogP contribution in [0.3, 0.4) is 0 Å². The lowest BCUT2D eigenvalue weighted by Crippen LogP contribution is -2.33. The van der Waals surface area contributed by atoms with E-state index in [1.807, 2.05) is 0 Å². The molecule has 1 heteroatoms. The van der Waals surface area contributed by atoms with Crippen molar-refractivity contribution in [1.29, 1.82) is 0 Å². The highest BCUT2D eigenvalue weighted by molar-refractivity contribution is 6.70. The molecule has 11 heavy (non-hydrogen) atoms. The highest BCUT2D eigenvalue weighted by Gasteiger charge is 2.37. The van der Waals surface area contributed by atoms with E-state index in [9.17, 15) is 0 Å². The van der Waals surface area contributed by atoms with Crippen molar-refractivity contribution in [3.8, 4) is 12.2 Å². The fourth-order valence-corrected chi connectivity index (χ4v) is 2.95. The maximum Gasteiger partial charge on any atom is 0.237 e. The van der Waals surface area contributed by atoms with Crippen LogP contribution < -0.4 is 0 Å². The van der Waals surface area contributed by atoms with Crippen LogP contribution in [0.25, 0.3) is 0 Å². The lowest BCUT2D eigenvalue weighted by atomic mass is 9.28. The van der Waals surface area contributed by atoms with Gasteiger partial charge in [-0.3, -0.25) is 0 Å². The van der Waals surface area contributed by atoms with Crippen LogP contribution in [0, 0.1) is 12.2 Å². The number of hydrogen-bond donors (Lipinski definition) is 0. The minimum absolute atomic E-state index is 0.650. The summed E-state index contributed by atoms with van der Waals surface area (Å²) in [6.45, 7) is 0.650. The summed E-state index contributed by atoms with van der Waals surface area (Å²) in [6.07, 6.45) is 14.1. The van der Waals surface area contributed by atoms with Gasteiger partial charge in [0.25, 0.3) is 0 Å². The summed E-state index contributed by atoms with van der Waals surface area (Å²) in [5.74, 6) is 4.80. The molecule has 0 amide bonds. The van der Waals surface area contributed by atoms with Crippen LogP contribution in [0.1, 0.15) is 38.5 Å². The molecule has 2 bridgehead atoms. The molecule has 0 aromatic heterocycles. The largest absolute Gasteiger partial charge is 0.237 e. The van der Waals surface area contributed by atoms with Crippen LogP contribution in [-0.2, 0) is 0 Å². The third-order valence-electron chi connectivity index (χ3n) is 3.51. The minimum atomic E-state index is 0.650. The zero-order valence-corrected chi connectivity index (χ0v) is 7.05. The van der Waals surface area contributed by atoms with Gasteiger partial charge in [-0.25, -0.2) is 0 Å². The van der Waals surface area contributed by atoms with Crippen molar-refractivity contribution in [3.63, 3.8) is 0 Å². The number of rotatable bonds is 0. The zero-order valence-electron chi connectivity index (χ0n) is 7.05. The lowest BCUT2D eigenvalue weighted by Gasteiger charge is -2.37. The van der Waals surface area contributed by atoms with E-state index in [1.165, 1.54) is 38.5 Å². The highest BCUT2D eigenvalue weighted by Crippen LogP contribution is 2.45. The molecule has 0 nitrogen and oxygen atoms in total. The summed E-state index contributed by atoms with van der Waals surface area (Å²) in [7, 11) is 0. The normalized spacial score (nSPS) is 36.5. The van der Waals surface area contributed by atoms with E-state index in [0.717, 1.165) is 11.6 Å². The maximum absolute atomic E-state index is 5.54. The Bertz CT molecular complexity index is 158. The standard InChI is InChI=1S/C10H15B/c1-2-11-9-5-3-6-10(11)8-4-7-9/h1,9-10H,3-8H2. The Morgan fingerprint density at radius 2 is 1.45 bits per heavy atom. The maximum atomic E-state index is 5.54. The topological polar surface area (TPSA) is 0 Å². The van der Waals surface area contributed by atoms with E-state index in [-0.39, 0.29) is 0 Å². The summed E-state index contributed by atoms with van der Waals surface area (Å²) in [5.41, 5.74) is 0. The van der Waals surface area contributed by atoms with Gasteiger partial charge in [-0.05, 0) is 11.6 Å². The van der Waals surface area contributed by atoms with E-state index < -0.39 is 0 Å². The molecule has 2 fully saturated rings.